The van der Waals surface area contributed by atoms with Crippen LogP contribution < -0.4 is 9.62 Å². The lowest BCUT2D eigenvalue weighted by Gasteiger charge is -2.33. The van der Waals surface area contributed by atoms with Gasteiger partial charge in [-0.25, -0.2) is 17.2 Å². The van der Waals surface area contributed by atoms with E-state index in [2.05, 4.69) is 5.32 Å². The number of carbonyl (C=O) groups excluding carboxylic acids is 2. The summed E-state index contributed by atoms with van der Waals surface area (Å²) in [5.41, 5.74) is 0.881. The van der Waals surface area contributed by atoms with Gasteiger partial charge in [-0.3, -0.25) is 13.9 Å². The molecule has 0 saturated heterocycles. The van der Waals surface area contributed by atoms with Crippen LogP contribution in [0.3, 0.4) is 0 Å². The number of anilines is 1. The van der Waals surface area contributed by atoms with Gasteiger partial charge in [-0.05, 0) is 36.2 Å². The molecule has 208 valence electrons. The third-order valence-electron chi connectivity index (χ3n) is 5.99. The largest absolute Gasteiger partial charge is 0.354 e. The van der Waals surface area contributed by atoms with E-state index < -0.39 is 46.1 Å². The van der Waals surface area contributed by atoms with Crippen LogP contribution in [0.2, 0.25) is 5.02 Å². The smallest absolute Gasteiger partial charge is 0.244 e. The van der Waals surface area contributed by atoms with Crippen LogP contribution >= 0.6 is 11.6 Å². The molecule has 0 saturated carbocycles. The average molecular weight is 578 g/mol. The van der Waals surface area contributed by atoms with Gasteiger partial charge in [-0.1, -0.05) is 67.1 Å². The second kappa shape index (κ2) is 13.5. The maximum Gasteiger partial charge on any atom is 0.244 e. The second-order valence-electron chi connectivity index (χ2n) is 8.98. The zero-order valence-electron chi connectivity index (χ0n) is 21.6. The number of nitrogens with one attached hydrogen (secondary N) is 1. The number of nitrogens with zero attached hydrogens (tertiary/aromatic N) is 2. The predicted molar refractivity (Wildman–Crippen MR) is 148 cm³/mol. The fourth-order valence-corrected chi connectivity index (χ4v) is 5.00. The number of benzene rings is 3. The lowest BCUT2D eigenvalue weighted by molar-refractivity contribution is -0.140. The molecule has 1 N–H and O–H groups in total. The van der Waals surface area contributed by atoms with Gasteiger partial charge in [0.15, 0.2) is 0 Å². The van der Waals surface area contributed by atoms with Crippen LogP contribution in [0, 0.1) is 11.6 Å². The molecule has 0 radical (unpaired) electrons. The van der Waals surface area contributed by atoms with E-state index >= 15 is 0 Å². The molecular weight excluding hydrogens is 548 g/mol. The highest BCUT2D eigenvalue weighted by atomic mass is 35.5. The van der Waals surface area contributed by atoms with Crippen LogP contribution in [0.4, 0.5) is 14.5 Å². The number of hydrogen-bond donors (Lipinski definition) is 1. The standard InChI is InChI=1S/C28H30ClF2N3O4S/c1-3-15-32-28(36)26(16-20-9-5-4-6-10-20)33(18-21-11-7-8-12-24(21)30)27(35)19-34(39(2,37)38)22-13-14-25(31)23(29)17-22/h4-14,17,26H,3,15-16,18-19H2,1-2H3,(H,32,36)/t26-/m0/s1. The average Bonchev–Trinajstić information content (AvgIpc) is 2.90. The molecule has 0 fully saturated rings. The minimum Gasteiger partial charge on any atom is -0.354 e. The molecule has 3 rings (SSSR count). The minimum atomic E-state index is -4.05. The van der Waals surface area contributed by atoms with Crippen molar-refractivity contribution >= 4 is 39.1 Å². The Labute approximate surface area is 232 Å². The van der Waals surface area contributed by atoms with Gasteiger partial charge in [0.25, 0.3) is 0 Å². The summed E-state index contributed by atoms with van der Waals surface area (Å²) >= 11 is 5.88. The van der Waals surface area contributed by atoms with Crippen molar-refractivity contribution < 1.29 is 26.8 Å². The summed E-state index contributed by atoms with van der Waals surface area (Å²) in [7, 11) is -4.05. The van der Waals surface area contributed by atoms with Crippen molar-refractivity contribution in [3.05, 3.63) is 101 Å². The maximum absolute atomic E-state index is 14.7. The van der Waals surface area contributed by atoms with Gasteiger partial charge < -0.3 is 10.2 Å². The van der Waals surface area contributed by atoms with Crippen LogP contribution in [0.15, 0.2) is 72.8 Å². The van der Waals surface area contributed by atoms with E-state index in [4.69, 9.17) is 11.6 Å². The van der Waals surface area contributed by atoms with Gasteiger partial charge in [0.05, 0.1) is 17.0 Å². The van der Waals surface area contributed by atoms with Gasteiger partial charge in [0.1, 0.15) is 24.2 Å². The van der Waals surface area contributed by atoms with E-state index in [1.54, 1.807) is 30.3 Å². The summed E-state index contributed by atoms with van der Waals surface area (Å²) < 4.78 is 54.7. The molecular formula is C28H30ClF2N3O4S. The van der Waals surface area contributed by atoms with Crippen molar-refractivity contribution in [2.24, 2.45) is 0 Å². The Morgan fingerprint density at radius 2 is 1.64 bits per heavy atom. The molecule has 7 nitrogen and oxygen atoms in total. The summed E-state index contributed by atoms with van der Waals surface area (Å²) in [5.74, 6) is -2.54. The Kier molecular flexibility index (Phi) is 10.4. The molecule has 11 heteroatoms. The van der Waals surface area contributed by atoms with Gasteiger partial charge in [0, 0.05) is 25.1 Å². The van der Waals surface area contributed by atoms with Crippen LogP contribution in [0.25, 0.3) is 0 Å². The lowest BCUT2D eigenvalue weighted by atomic mass is 10.0. The molecule has 0 heterocycles. The molecule has 3 aromatic rings. The zero-order valence-corrected chi connectivity index (χ0v) is 23.2. The molecule has 0 aliphatic carbocycles. The van der Waals surface area contributed by atoms with Gasteiger partial charge in [0.2, 0.25) is 21.8 Å². The normalized spacial score (nSPS) is 12.0. The molecule has 0 spiro atoms. The number of amides is 2. The van der Waals surface area contributed by atoms with E-state index in [9.17, 15) is 26.8 Å². The second-order valence-corrected chi connectivity index (χ2v) is 11.3. The molecule has 0 bridgehead atoms. The van der Waals surface area contributed by atoms with Gasteiger partial charge in [-0.15, -0.1) is 0 Å². The number of rotatable bonds is 12. The Bertz CT molecular complexity index is 1410. The van der Waals surface area contributed by atoms with Crippen molar-refractivity contribution in [1.29, 1.82) is 0 Å². The third kappa shape index (κ3) is 8.24. The predicted octanol–water partition coefficient (Wildman–Crippen LogP) is 4.55. The van der Waals surface area contributed by atoms with E-state index in [0.29, 0.717) is 13.0 Å². The minimum absolute atomic E-state index is 0.0295. The summed E-state index contributed by atoms with van der Waals surface area (Å²) in [6.07, 6.45) is 1.66. The highest BCUT2D eigenvalue weighted by Gasteiger charge is 2.33. The molecule has 0 unspecified atom stereocenters. The Hall–Kier alpha value is -3.50. The van der Waals surface area contributed by atoms with Crippen molar-refractivity contribution in [1.82, 2.24) is 10.2 Å². The third-order valence-corrected chi connectivity index (χ3v) is 7.42. The molecule has 2 amide bonds. The molecule has 0 aromatic heterocycles. The molecule has 1 atom stereocenters. The summed E-state index contributed by atoms with van der Waals surface area (Å²) in [6, 6.07) is 17.0. The van der Waals surface area contributed by atoms with E-state index in [-0.39, 0.29) is 29.2 Å². The fourth-order valence-electron chi connectivity index (χ4n) is 3.98. The number of sulfonamides is 1. The first-order valence-corrected chi connectivity index (χ1v) is 14.5. The van der Waals surface area contributed by atoms with Crippen LogP contribution in [0.1, 0.15) is 24.5 Å². The molecule has 3 aromatic carbocycles. The highest BCUT2D eigenvalue weighted by molar-refractivity contribution is 7.92. The maximum atomic E-state index is 14.7. The fraction of sp³-hybridized carbons (Fsp3) is 0.286. The topological polar surface area (TPSA) is 86.8 Å². The summed E-state index contributed by atoms with van der Waals surface area (Å²) in [4.78, 5) is 28.4. The number of carbonyl (C=O) groups is 2. The first kappa shape index (κ1) is 30.0. The number of hydrogen-bond acceptors (Lipinski definition) is 4. The van der Waals surface area contributed by atoms with E-state index in [1.807, 2.05) is 13.0 Å². The Morgan fingerprint density at radius 3 is 2.26 bits per heavy atom. The SMILES string of the molecule is CCCNC(=O)[C@H](Cc1ccccc1)N(Cc1ccccc1F)C(=O)CN(c1ccc(F)c(Cl)c1)S(C)(=O)=O. The summed E-state index contributed by atoms with van der Waals surface area (Å²) in [6.45, 7) is 1.23. The Morgan fingerprint density at radius 1 is 0.974 bits per heavy atom. The van der Waals surface area contributed by atoms with Gasteiger partial charge in [-0.2, -0.15) is 0 Å². The highest BCUT2D eigenvalue weighted by Crippen LogP contribution is 2.25. The molecule has 0 aliphatic rings. The van der Waals surface area contributed by atoms with Crippen molar-refractivity contribution in [2.45, 2.75) is 32.4 Å². The van der Waals surface area contributed by atoms with Crippen molar-refractivity contribution in [3.8, 4) is 0 Å². The van der Waals surface area contributed by atoms with Crippen molar-refractivity contribution in [2.75, 3.05) is 23.7 Å². The number of halogens is 3. The van der Waals surface area contributed by atoms with Gasteiger partial charge >= 0.3 is 0 Å². The Balaban J connectivity index is 2.06. The first-order chi connectivity index (χ1) is 18.5. The first-order valence-electron chi connectivity index (χ1n) is 12.3. The molecule has 0 aliphatic heterocycles. The zero-order chi connectivity index (χ0) is 28.6. The van der Waals surface area contributed by atoms with Crippen LogP contribution in [-0.2, 0) is 32.6 Å². The lowest BCUT2D eigenvalue weighted by Crippen LogP contribution is -2.53. The van der Waals surface area contributed by atoms with Crippen molar-refractivity contribution in [3.63, 3.8) is 0 Å². The van der Waals surface area contributed by atoms with Crippen LogP contribution in [0.5, 0.6) is 0 Å². The summed E-state index contributed by atoms with van der Waals surface area (Å²) in [5, 5.41) is 2.48. The monoisotopic (exact) mass is 577 g/mol. The van der Waals surface area contributed by atoms with E-state index in [1.165, 1.54) is 29.2 Å². The quantitative estimate of drug-likeness (QED) is 0.342. The van der Waals surface area contributed by atoms with Crippen LogP contribution in [-0.4, -0.2) is 50.5 Å². The van der Waals surface area contributed by atoms with E-state index in [0.717, 1.165) is 28.3 Å². The molecule has 39 heavy (non-hydrogen) atoms.